The number of carbonyl (C=O) groups excluding carboxylic acids is 1. The van der Waals surface area contributed by atoms with Crippen molar-refractivity contribution in [2.45, 2.75) is 45.3 Å². The number of nitrogens with zero attached hydrogens (tertiary/aromatic N) is 1. The van der Waals surface area contributed by atoms with E-state index in [-0.39, 0.29) is 17.7 Å². The molecule has 1 aliphatic carbocycles. The van der Waals surface area contributed by atoms with Crippen LogP contribution in [0.15, 0.2) is 18.2 Å². The zero-order chi connectivity index (χ0) is 15.8. The zero-order valence-electron chi connectivity index (χ0n) is 12.8. The first-order chi connectivity index (χ1) is 9.69. The maximum Gasteiger partial charge on any atom is 0.410 e. The van der Waals surface area contributed by atoms with Crippen LogP contribution < -0.4 is 0 Å². The highest BCUT2D eigenvalue weighted by Gasteiger charge is 2.31. The molecule has 21 heavy (non-hydrogen) atoms. The molecular formula is C16H21NO4. The van der Waals surface area contributed by atoms with Crippen molar-refractivity contribution in [3.63, 3.8) is 0 Å². The van der Waals surface area contributed by atoms with Gasteiger partial charge in [-0.1, -0.05) is 6.07 Å². The molecule has 1 aliphatic rings. The van der Waals surface area contributed by atoms with Crippen molar-refractivity contribution in [1.29, 1.82) is 0 Å². The van der Waals surface area contributed by atoms with Crippen molar-refractivity contribution < 1.29 is 19.4 Å². The minimum atomic E-state index is -0.955. The van der Waals surface area contributed by atoms with Crippen molar-refractivity contribution in [2.75, 3.05) is 7.05 Å². The van der Waals surface area contributed by atoms with Gasteiger partial charge in [-0.25, -0.2) is 9.59 Å². The van der Waals surface area contributed by atoms with Gasteiger partial charge in [0.1, 0.15) is 5.60 Å². The SMILES string of the molecule is CN(C(=O)OC(C)(C)C)[C@H]1CCc2ccc(C(=O)O)cc21. The second-order valence-electron chi connectivity index (χ2n) is 6.36. The van der Waals surface area contributed by atoms with Crippen LogP contribution in [0.1, 0.15) is 54.7 Å². The minimum absolute atomic E-state index is 0.130. The maximum atomic E-state index is 12.2. The Morgan fingerprint density at radius 1 is 1.33 bits per heavy atom. The Balaban J connectivity index is 2.23. The van der Waals surface area contributed by atoms with Gasteiger partial charge in [0.15, 0.2) is 0 Å². The number of amides is 1. The maximum absolute atomic E-state index is 12.2. The van der Waals surface area contributed by atoms with E-state index in [9.17, 15) is 9.59 Å². The molecule has 0 unspecified atom stereocenters. The number of hydrogen-bond acceptors (Lipinski definition) is 3. The molecule has 0 radical (unpaired) electrons. The Bertz CT molecular complexity index is 574. The van der Waals surface area contributed by atoms with E-state index < -0.39 is 11.6 Å². The van der Waals surface area contributed by atoms with Gasteiger partial charge >= 0.3 is 12.1 Å². The molecule has 5 nitrogen and oxygen atoms in total. The Hall–Kier alpha value is -2.04. The second-order valence-corrected chi connectivity index (χ2v) is 6.36. The van der Waals surface area contributed by atoms with E-state index in [1.165, 1.54) is 0 Å². The van der Waals surface area contributed by atoms with Crippen LogP contribution in [0, 0.1) is 0 Å². The smallest absolute Gasteiger partial charge is 0.410 e. The van der Waals surface area contributed by atoms with E-state index in [1.807, 2.05) is 26.8 Å². The number of aryl methyl sites for hydroxylation is 1. The molecule has 1 N–H and O–H groups in total. The van der Waals surface area contributed by atoms with Crippen LogP contribution in [0.5, 0.6) is 0 Å². The van der Waals surface area contributed by atoms with Crippen LogP contribution >= 0.6 is 0 Å². The molecule has 1 aromatic carbocycles. The normalized spacial score (nSPS) is 17.2. The third-order valence-corrected chi connectivity index (χ3v) is 3.59. The van der Waals surface area contributed by atoms with Crippen LogP contribution in [-0.2, 0) is 11.2 Å². The lowest BCUT2D eigenvalue weighted by Crippen LogP contribution is -2.36. The van der Waals surface area contributed by atoms with Crippen molar-refractivity contribution in [2.24, 2.45) is 0 Å². The third-order valence-electron chi connectivity index (χ3n) is 3.59. The predicted molar refractivity (Wildman–Crippen MR) is 78.5 cm³/mol. The standard InChI is InChI=1S/C16H21NO4/c1-16(2,3)21-15(20)17(4)13-8-7-10-5-6-11(14(18)19)9-12(10)13/h5-6,9,13H,7-8H2,1-4H3,(H,18,19)/t13-/m0/s1. The second kappa shape index (κ2) is 5.39. The highest BCUT2D eigenvalue weighted by Crippen LogP contribution is 2.36. The summed E-state index contributed by atoms with van der Waals surface area (Å²) in [6.07, 6.45) is 1.24. The number of carboxylic acid groups (broad SMARTS) is 1. The lowest BCUT2D eigenvalue weighted by Gasteiger charge is -2.29. The Morgan fingerprint density at radius 3 is 2.57 bits per heavy atom. The fraction of sp³-hybridized carbons (Fsp3) is 0.500. The summed E-state index contributed by atoms with van der Waals surface area (Å²) >= 11 is 0. The van der Waals surface area contributed by atoms with E-state index >= 15 is 0 Å². The molecule has 0 heterocycles. The Morgan fingerprint density at radius 2 is 2.00 bits per heavy atom. The summed E-state index contributed by atoms with van der Waals surface area (Å²) in [6, 6.07) is 4.98. The van der Waals surface area contributed by atoms with Gasteiger partial charge in [0.05, 0.1) is 11.6 Å². The summed E-state index contributed by atoms with van der Waals surface area (Å²) in [6.45, 7) is 5.47. The fourth-order valence-corrected chi connectivity index (χ4v) is 2.58. The van der Waals surface area contributed by atoms with E-state index in [2.05, 4.69) is 0 Å². The molecule has 0 saturated heterocycles. The lowest BCUT2D eigenvalue weighted by atomic mass is 10.0. The molecule has 114 valence electrons. The van der Waals surface area contributed by atoms with Crippen molar-refractivity contribution in [3.05, 3.63) is 34.9 Å². The van der Waals surface area contributed by atoms with Gasteiger partial charge in [0.25, 0.3) is 0 Å². The van der Waals surface area contributed by atoms with Crippen molar-refractivity contribution in [3.8, 4) is 0 Å². The number of benzene rings is 1. The van der Waals surface area contributed by atoms with Gasteiger partial charge in [-0.15, -0.1) is 0 Å². The highest BCUT2D eigenvalue weighted by atomic mass is 16.6. The molecule has 1 amide bonds. The Kier molecular flexibility index (Phi) is 3.94. The summed E-state index contributed by atoms with van der Waals surface area (Å²) in [5, 5.41) is 9.10. The average Bonchev–Trinajstić information content (AvgIpc) is 2.78. The quantitative estimate of drug-likeness (QED) is 0.908. The first-order valence-electron chi connectivity index (χ1n) is 7.01. The number of hydrogen-bond donors (Lipinski definition) is 1. The van der Waals surface area contributed by atoms with Crippen LogP contribution in [0.25, 0.3) is 0 Å². The van der Waals surface area contributed by atoms with Crippen LogP contribution in [-0.4, -0.2) is 34.7 Å². The van der Waals surface area contributed by atoms with Gasteiger partial charge in [-0.2, -0.15) is 0 Å². The van der Waals surface area contributed by atoms with Gasteiger partial charge in [-0.05, 0) is 56.9 Å². The summed E-state index contributed by atoms with van der Waals surface area (Å²) in [7, 11) is 1.70. The summed E-state index contributed by atoms with van der Waals surface area (Å²) in [5.41, 5.74) is 1.71. The average molecular weight is 291 g/mol. The van der Waals surface area contributed by atoms with Crippen LogP contribution in [0.2, 0.25) is 0 Å². The zero-order valence-corrected chi connectivity index (χ0v) is 12.8. The fourth-order valence-electron chi connectivity index (χ4n) is 2.58. The van der Waals surface area contributed by atoms with Gasteiger partial charge in [0.2, 0.25) is 0 Å². The molecule has 0 saturated carbocycles. The van der Waals surface area contributed by atoms with E-state index in [0.717, 1.165) is 24.0 Å². The molecule has 1 aromatic rings. The van der Waals surface area contributed by atoms with E-state index in [0.29, 0.717) is 0 Å². The number of carboxylic acids is 1. The number of rotatable bonds is 2. The minimum Gasteiger partial charge on any atom is -0.478 e. The molecule has 0 spiro atoms. The van der Waals surface area contributed by atoms with Crippen LogP contribution in [0.4, 0.5) is 4.79 Å². The highest BCUT2D eigenvalue weighted by molar-refractivity contribution is 5.88. The molecular weight excluding hydrogens is 270 g/mol. The summed E-state index contributed by atoms with van der Waals surface area (Å²) < 4.78 is 5.38. The third kappa shape index (κ3) is 3.35. The number of fused-ring (bicyclic) bond motifs is 1. The van der Waals surface area contributed by atoms with Gasteiger partial charge in [0, 0.05) is 7.05 Å². The molecule has 0 bridgehead atoms. The largest absolute Gasteiger partial charge is 0.478 e. The first kappa shape index (κ1) is 15.4. The van der Waals surface area contributed by atoms with Crippen molar-refractivity contribution >= 4 is 12.1 Å². The van der Waals surface area contributed by atoms with Gasteiger partial charge in [-0.3, -0.25) is 0 Å². The molecule has 0 fully saturated rings. The number of ether oxygens (including phenoxy) is 1. The molecule has 1 atom stereocenters. The monoisotopic (exact) mass is 291 g/mol. The predicted octanol–water partition coefficient (Wildman–Crippen LogP) is 3.24. The first-order valence-corrected chi connectivity index (χ1v) is 7.01. The van der Waals surface area contributed by atoms with Crippen molar-refractivity contribution in [1.82, 2.24) is 4.90 Å². The van der Waals surface area contributed by atoms with E-state index in [4.69, 9.17) is 9.84 Å². The number of carbonyl (C=O) groups is 2. The molecule has 0 aliphatic heterocycles. The molecule has 5 heteroatoms. The van der Waals surface area contributed by atoms with E-state index in [1.54, 1.807) is 24.1 Å². The molecule has 0 aromatic heterocycles. The lowest BCUT2D eigenvalue weighted by molar-refractivity contribution is 0.0220. The topological polar surface area (TPSA) is 66.8 Å². The number of aromatic carboxylic acids is 1. The summed E-state index contributed by atoms with van der Waals surface area (Å²) in [4.78, 5) is 24.8. The molecule has 2 rings (SSSR count). The summed E-state index contributed by atoms with van der Waals surface area (Å²) in [5.74, 6) is -0.955. The Labute approximate surface area is 124 Å². The van der Waals surface area contributed by atoms with Crippen LogP contribution in [0.3, 0.4) is 0 Å². The van der Waals surface area contributed by atoms with Gasteiger partial charge < -0.3 is 14.7 Å².